The van der Waals surface area contributed by atoms with Gasteiger partial charge in [-0.15, -0.1) is 0 Å². The monoisotopic (exact) mass is 377 g/mol. The van der Waals surface area contributed by atoms with Crippen LogP contribution in [0.4, 0.5) is 0 Å². The van der Waals surface area contributed by atoms with E-state index in [0.29, 0.717) is 0 Å². The maximum absolute atomic E-state index is 4.58. The van der Waals surface area contributed by atoms with E-state index in [1.54, 1.807) is 0 Å². The lowest BCUT2D eigenvalue weighted by Gasteiger charge is -2.50. The molecule has 0 radical (unpaired) electrons. The Morgan fingerprint density at radius 3 is 2.07 bits per heavy atom. The molecule has 1 aliphatic rings. The third kappa shape index (κ3) is 3.74. The van der Waals surface area contributed by atoms with Crippen LogP contribution in [0.2, 0.25) is 0 Å². The van der Waals surface area contributed by atoms with Gasteiger partial charge in [0.15, 0.2) is 0 Å². The Morgan fingerprint density at radius 1 is 1.04 bits per heavy atom. The lowest BCUT2D eigenvalue weighted by atomic mass is 9.76. The normalized spacial score (nSPS) is 18.7. The second kappa shape index (κ2) is 8.50. The van der Waals surface area contributed by atoms with Crippen LogP contribution < -0.4 is 5.32 Å². The van der Waals surface area contributed by atoms with Crippen LogP contribution in [-0.4, -0.2) is 50.6 Å². The van der Waals surface area contributed by atoms with Crippen LogP contribution in [0.1, 0.15) is 30.9 Å². The summed E-state index contributed by atoms with van der Waals surface area (Å²) in [5.74, 6) is 0. The molecule has 0 amide bonds. The van der Waals surface area contributed by atoms with Crippen molar-refractivity contribution in [1.82, 2.24) is 15.1 Å². The molecular formula is C25H35N3. The second-order valence-corrected chi connectivity index (χ2v) is 8.45. The predicted octanol–water partition coefficient (Wildman–Crippen LogP) is 4.23. The number of nitrogens with one attached hydrogen (secondary N) is 1. The quantitative estimate of drug-likeness (QED) is 0.779. The van der Waals surface area contributed by atoms with Crippen molar-refractivity contribution < 1.29 is 0 Å². The van der Waals surface area contributed by atoms with E-state index in [1.807, 2.05) is 7.05 Å². The molecule has 2 aromatic carbocycles. The lowest BCUT2D eigenvalue weighted by molar-refractivity contribution is 0.0617. The molecule has 1 N–H and O–H groups in total. The highest BCUT2D eigenvalue weighted by atomic mass is 15.2. The lowest BCUT2D eigenvalue weighted by Crippen LogP contribution is -2.52. The Morgan fingerprint density at radius 2 is 1.57 bits per heavy atom. The highest BCUT2D eigenvalue weighted by molar-refractivity contribution is 5.35. The second-order valence-electron chi connectivity index (χ2n) is 8.45. The summed E-state index contributed by atoms with van der Waals surface area (Å²) in [5, 5.41) is 3.39. The van der Waals surface area contributed by atoms with Gasteiger partial charge in [-0.1, -0.05) is 67.2 Å². The number of piperidine rings is 1. The van der Waals surface area contributed by atoms with Crippen LogP contribution in [0.5, 0.6) is 0 Å². The average molecular weight is 378 g/mol. The molecule has 3 rings (SSSR count). The number of rotatable bonds is 7. The molecule has 0 spiro atoms. The highest BCUT2D eigenvalue weighted by Crippen LogP contribution is 2.41. The van der Waals surface area contributed by atoms with Crippen molar-refractivity contribution in [2.75, 3.05) is 40.8 Å². The summed E-state index contributed by atoms with van der Waals surface area (Å²) in [7, 11) is 6.45. The molecule has 3 nitrogen and oxygen atoms in total. The molecule has 3 heteroatoms. The maximum Gasteiger partial charge on any atom is 0.0488 e. The minimum absolute atomic E-state index is 0.101. The van der Waals surface area contributed by atoms with Gasteiger partial charge in [0.05, 0.1) is 0 Å². The summed E-state index contributed by atoms with van der Waals surface area (Å²) >= 11 is 0. The van der Waals surface area contributed by atoms with Crippen molar-refractivity contribution in [1.29, 1.82) is 0 Å². The Kier molecular flexibility index (Phi) is 6.26. The van der Waals surface area contributed by atoms with Gasteiger partial charge >= 0.3 is 0 Å². The first-order valence-electron chi connectivity index (χ1n) is 10.3. The molecule has 150 valence electrons. The predicted molar refractivity (Wildman–Crippen MR) is 119 cm³/mol. The van der Waals surface area contributed by atoms with E-state index >= 15 is 0 Å². The van der Waals surface area contributed by atoms with Crippen molar-refractivity contribution in [2.24, 2.45) is 0 Å². The van der Waals surface area contributed by atoms with Crippen molar-refractivity contribution in [3.05, 3.63) is 84.1 Å². The Labute approximate surface area is 171 Å². The van der Waals surface area contributed by atoms with Crippen LogP contribution in [-0.2, 0) is 11.0 Å². The topological polar surface area (TPSA) is 18.5 Å². The fourth-order valence-corrected chi connectivity index (χ4v) is 4.77. The van der Waals surface area contributed by atoms with Gasteiger partial charge in [-0.2, -0.15) is 0 Å². The van der Waals surface area contributed by atoms with E-state index in [9.17, 15) is 0 Å². The summed E-state index contributed by atoms with van der Waals surface area (Å²) in [6.45, 7) is 9.83. The zero-order valence-corrected chi connectivity index (χ0v) is 17.9. The molecule has 1 saturated heterocycles. The molecular weight excluding hydrogens is 342 g/mol. The largest absolute Gasteiger partial charge is 0.374 e. The third-order valence-corrected chi connectivity index (χ3v) is 6.72. The Bertz CT molecular complexity index is 761. The van der Waals surface area contributed by atoms with Gasteiger partial charge in [0.2, 0.25) is 0 Å². The summed E-state index contributed by atoms with van der Waals surface area (Å²) in [5.41, 5.74) is 3.95. The minimum atomic E-state index is -0.110. The van der Waals surface area contributed by atoms with E-state index in [-0.39, 0.29) is 11.0 Å². The number of likely N-dealkylation sites (tertiary alicyclic amines) is 1. The first-order chi connectivity index (χ1) is 13.4. The van der Waals surface area contributed by atoms with Gasteiger partial charge in [0.25, 0.3) is 0 Å². The zero-order chi connectivity index (χ0) is 20.2. The van der Waals surface area contributed by atoms with Gasteiger partial charge in [0.1, 0.15) is 0 Å². The Hall–Kier alpha value is -2.10. The molecule has 0 aliphatic carbocycles. The molecule has 1 heterocycles. The molecule has 0 aromatic heterocycles. The summed E-state index contributed by atoms with van der Waals surface area (Å²) in [4.78, 5) is 4.92. The standard InChI is InChI=1S/C25H35N3/c1-21(24(2,20-26-3)22-12-8-6-9-13-22)28-18-16-25(17-19-28,27(4)5)23-14-10-7-11-15-23/h6-15,26H,1,16-20H2,2-5H3. The molecule has 1 fully saturated rings. The number of hydrogen-bond acceptors (Lipinski definition) is 3. The van der Waals surface area contributed by atoms with Crippen LogP contribution in [0.15, 0.2) is 72.9 Å². The fraction of sp³-hybridized carbons (Fsp3) is 0.440. The van der Waals surface area contributed by atoms with Crippen LogP contribution in [0.25, 0.3) is 0 Å². The van der Waals surface area contributed by atoms with Gasteiger partial charge in [-0.05, 0) is 52.0 Å². The van der Waals surface area contributed by atoms with Crippen molar-refractivity contribution in [2.45, 2.75) is 30.7 Å². The Balaban J connectivity index is 1.82. The molecule has 0 saturated carbocycles. The summed E-state index contributed by atoms with van der Waals surface area (Å²) < 4.78 is 0. The van der Waals surface area contributed by atoms with E-state index < -0.39 is 0 Å². The van der Waals surface area contributed by atoms with Crippen molar-refractivity contribution >= 4 is 0 Å². The smallest absolute Gasteiger partial charge is 0.0488 e. The summed E-state index contributed by atoms with van der Waals surface area (Å²) in [6, 6.07) is 21.8. The first-order valence-corrected chi connectivity index (χ1v) is 10.3. The van der Waals surface area contributed by atoms with Gasteiger partial charge in [-0.25, -0.2) is 0 Å². The molecule has 1 unspecified atom stereocenters. The van der Waals surface area contributed by atoms with Gasteiger partial charge in [-0.3, -0.25) is 4.90 Å². The number of likely N-dealkylation sites (N-methyl/N-ethyl adjacent to an activating group) is 1. The zero-order valence-electron chi connectivity index (χ0n) is 17.9. The van der Waals surface area contributed by atoms with Gasteiger partial charge in [0, 0.05) is 36.3 Å². The maximum atomic E-state index is 4.58. The van der Waals surface area contributed by atoms with E-state index in [1.165, 1.54) is 16.8 Å². The number of hydrogen-bond donors (Lipinski definition) is 1. The van der Waals surface area contributed by atoms with Gasteiger partial charge < -0.3 is 10.2 Å². The molecule has 28 heavy (non-hydrogen) atoms. The van der Waals surface area contributed by atoms with Crippen LogP contribution in [0, 0.1) is 0 Å². The van der Waals surface area contributed by atoms with Crippen LogP contribution >= 0.6 is 0 Å². The number of nitrogens with zero attached hydrogens (tertiary/aromatic N) is 2. The average Bonchev–Trinajstić information content (AvgIpc) is 2.74. The summed E-state index contributed by atoms with van der Waals surface area (Å²) in [6.07, 6.45) is 2.21. The first kappa shape index (κ1) is 20.6. The van der Waals surface area contributed by atoms with E-state index in [4.69, 9.17) is 0 Å². The third-order valence-electron chi connectivity index (χ3n) is 6.72. The molecule has 1 atom stereocenters. The SMILES string of the molecule is C=C(N1CCC(c2ccccc2)(N(C)C)CC1)C(C)(CNC)c1ccccc1. The molecule has 0 bridgehead atoms. The minimum Gasteiger partial charge on any atom is -0.374 e. The van der Waals surface area contributed by atoms with Crippen molar-refractivity contribution in [3.63, 3.8) is 0 Å². The van der Waals surface area contributed by atoms with Crippen molar-refractivity contribution in [3.8, 4) is 0 Å². The molecule has 1 aliphatic heterocycles. The van der Waals surface area contributed by atoms with E-state index in [2.05, 4.69) is 103 Å². The van der Waals surface area contributed by atoms with E-state index in [0.717, 1.165) is 32.5 Å². The number of benzene rings is 2. The molecule has 2 aromatic rings. The van der Waals surface area contributed by atoms with Crippen LogP contribution in [0.3, 0.4) is 0 Å². The highest BCUT2D eigenvalue weighted by Gasteiger charge is 2.41. The fourth-order valence-electron chi connectivity index (χ4n) is 4.77.